The van der Waals surface area contributed by atoms with Gasteiger partial charge in [-0.25, -0.2) is 0 Å². The van der Waals surface area contributed by atoms with Gasteiger partial charge in [-0.05, 0) is 54.6 Å². The van der Waals surface area contributed by atoms with Crippen LogP contribution in [-0.2, 0) is 17.4 Å². The first-order chi connectivity index (χ1) is 16.1. The summed E-state index contributed by atoms with van der Waals surface area (Å²) >= 11 is 0. The van der Waals surface area contributed by atoms with Gasteiger partial charge in [-0.15, -0.1) is 0 Å². The lowest BCUT2D eigenvalue weighted by molar-refractivity contribution is 0.0942. The van der Waals surface area contributed by atoms with Crippen LogP contribution >= 0.6 is 0 Å². The highest BCUT2D eigenvalue weighted by molar-refractivity contribution is 5.98. The number of hydrogen-bond donors (Lipinski definition) is 2. The van der Waals surface area contributed by atoms with Crippen LogP contribution in [0.5, 0.6) is 11.5 Å². The summed E-state index contributed by atoms with van der Waals surface area (Å²) in [5.74, 6) is -0.221. The van der Waals surface area contributed by atoms with Gasteiger partial charge in [-0.3, -0.25) is 14.5 Å². The van der Waals surface area contributed by atoms with Crippen molar-refractivity contribution in [3.8, 4) is 17.6 Å². The van der Waals surface area contributed by atoms with Gasteiger partial charge in [0.25, 0.3) is 5.91 Å². The Hall–Kier alpha value is -3.37. The van der Waals surface area contributed by atoms with Crippen LogP contribution in [0.15, 0.2) is 24.3 Å². The molecule has 0 bridgehead atoms. The molecule has 7 nitrogen and oxygen atoms in total. The van der Waals surface area contributed by atoms with Gasteiger partial charge in [-0.1, -0.05) is 41.5 Å². The minimum absolute atomic E-state index is 0.0965. The number of ether oxygens (including phenoxy) is 1. The summed E-state index contributed by atoms with van der Waals surface area (Å²) < 4.78 is 5.55. The SMILES string of the molecule is CCOc1cc(CN(C)CC(=O)c2cc(C(C)(C)C)c(O)c(C(C)(C)C)c2)c(C#N)cc1C(N)=O. The smallest absolute Gasteiger partial charge is 0.252 e. The van der Waals surface area contributed by atoms with Crippen molar-refractivity contribution < 1.29 is 19.4 Å². The Morgan fingerprint density at radius 1 is 1.06 bits per heavy atom. The molecular formula is C28H37N3O4. The first-order valence-corrected chi connectivity index (χ1v) is 11.7. The lowest BCUT2D eigenvalue weighted by Gasteiger charge is -2.28. The molecule has 0 unspecified atom stereocenters. The fraction of sp³-hybridized carbons (Fsp3) is 0.464. The van der Waals surface area contributed by atoms with Gasteiger partial charge in [0, 0.05) is 23.2 Å². The number of carbonyl (C=O) groups is 2. The summed E-state index contributed by atoms with van der Waals surface area (Å²) in [6.45, 7) is 14.6. The zero-order valence-corrected chi connectivity index (χ0v) is 22.1. The van der Waals surface area contributed by atoms with E-state index in [9.17, 15) is 20.0 Å². The second-order valence-corrected chi connectivity index (χ2v) is 10.9. The van der Waals surface area contributed by atoms with Crippen LogP contribution in [0.2, 0.25) is 0 Å². The minimum Gasteiger partial charge on any atom is -0.507 e. The molecule has 2 aromatic carbocycles. The molecule has 188 valence electrons. The predicted molar refractivity (Wildman–Crippen MR) is 137 cm³/mol. The number of nitrogens with two attached hydrogens (primary N) is 1. The first-order valence-electron chi connectivity index (χ1n) is 11.7. The molecule has 7 heteroatoms. The van der Waals surface area contributed by atoms with E-state index in [0.29, 0.717) is 35.6 Å². The van der Waals surface area contributed by atoms with E-state index in [1.54, 1.807) is 37.1 Å². The molecule has 2 aromatic rings. The van der Waals surface area contributed by atoms with E-state index < -0.39 is 5.91 Å². The van der Waals surface area contributed by atoms with E-state index in [2.05, 4.69) is 6.07 Å². The van der Waals surface area contributed by atoms with Crippen molar-refractivity contribution in [2.24, 2.45) is 5.73 Å². The number of nitriles is 1. The van der Waals surface area contributed by atoms with E-state index in [0.717, 1.165) is 11.1 Å². The number of phenolic OH excluding ortho intramolecular Hbond substituents is 1. The van der Waals surface area contributed by atoms with Gasteiger partial charge in [0.1, 0.15) is 11.5 Å². The normalized spacial score (nSPS) is 11.9. The first kappa shape index (κ1) is 27.9. The van der Waals surface area contributed by atoms with Crippen LogP contribution in [0.4, 0.5) is 0 Å². The Kier molecular flexibility index (Phi) is 8.35. The van der Waals surface area contributed by atoms with Crippen LogP contribution in [0.3, 0.4) is 0 Å². The number of primary amides is 1. The van der Waals surface area contributed by atoms with Crippen LogP contribution < -0.4 is 10.5 Å². The van der Waals surface area contributed by atoms with E-state index in [4.69, 9.17) is 10.5 Å². The molecule has 0 fully saturated rings. The quantitative estimate of drug-likeness (QED) is 0.531. The Balaban J connectivity index is 2.39. The van der Waals surface area contributed by atoms with Gasteiger partial charge < -0.3 is 15.6 Å². The Labute approximate surface area is 208 Å². The number of likely N-dealkylation sites (N-methyl/N-ethyl adjacent to an activating group) is 1. The number of amides is 1. The van der Waals surface area contributed by atoms with Crippen molar-refractivity contribution in [3.63, 3.8) is 0 Å². The Morgan fingerprint density at radius 3 is 2.03 bits per heavy atom. The number of rotatable bonds is 8. The molecule has 0 heterocycles. The number of ketones is 1. The molecule has 0 aliphatic heterocycles. The van der Waals surface area contributed by atoms with Gasteiger partial charge in [0.15, 0.2) is 5.78 Å². The van der Waals surface area contributed by atoms with Crippen molar-refractivity contribution in [2.75, 3.05) is 20.2 Å². The number of benzene rings is 2. The third kappa shape index (κ3) is 6.61. The number of nitrogens with zero attached hydrogens (tertiary/aromatic N) is 2. The zero-order valence-electron chi connectivity index (χ0n) is 22.1. The summed E-state index contributed by atoms with van der Waals surface area (Å²) in [7, 11) is 1.79. The number of Topliss-reactive ketones (excluding diaryl/α,β-unsaturated/α-hetero) is 1. The Bertz CT molecular complexity index is 1130. The maximum atomic E-state index is 13.3. The third-order valence-electron chi connectivity index (χ3n) is 5.79. The third-order valence-corrected chi connectivity index (χ3v) is 5.79. The van der Waals surface area contributed by atoms with Gasteiger partial charge in [0.05, 0.1) is 30.3 Å². The van der Waals surface area contributed by atoms with E-state index in [1.807, 2.05) is 41.5 Å². The van der Waals surface area contributed by atoms with E-state index >= 15 is 0 Å². The van der Waals surface area contributed by atoms with E-state index in [1.165, 1.54) is 6.07 Å². The molecule has 35 heavy (non-hydrogen) atoms. The van der Waals surface area contributed by atoms with Crippen molar-refractivity contribution in [1.82, 2.24) is 4.90 Å². The largest absolute Gasteiger partial charge is 0.507 e. The summed E-state index contributed by atoms with van der Waals surface area (Å²) in [4.78, 5) is 26.9. The molecule has 0 radical (unpaired) electrons. The van der Waals surface area contributed by atoms with Crippen molar-refractivity contribution in [2.45, 2.75) is 65.8 Å². The highest BCUT2D eigenvalue weighted by atomic mass is 16.5. The molecule has 0 aliphatic rings. The second kappa shape index (κ2) is 10.5. The van der Waals surface area contributed by atoms with Gasteiger partial charge >= 0.3 is 0 Å². The minimum atomic E-state index is -0.670. The second-order valence-electron chi connectivity index (χ2n) is 10.9. The van der Waals surface area contributed by atoms with Crippen LogP contribution in [0.1, 0.15) is 91.4 Å². The summed E-state index contributed by atoms with van der Waals surface area (Å²) in [5, 5.41) is 20.5. The Morgan fingerprint density at radius 2 is 1.60 bits per heavy atom. The van der Waals surface area contributed by atoms with E-state index in [-0.39, 0.29) is 34.5 Å². The van der Waals surface area contributed by atoms with Crippen molar-refractivity contribution >= 4 is 11.7 Å². The van der Waals surface area contributed by atoms with Crippen LogP contribution in [-0.4, -0.2) is 41.9 Å². The summed E-state index contributed by atoms with van der Waals surface area (Å²) in [6.07, 6.45) is 0. The molecule has 1 amide bonds. The standard InChI is InChI=1S/C28H37N3O4/c1-9-35-24-13-19(18(14-29)10-20(24)26(30)34)15-31(8)16-23(32)17-11-21(27(2,3)4)25(33)22(12-17)28(5,6)7/h10-13,33H,9,15-16H2,1-8H3,(H2,30,34). The van der Waals surface area contributed by atoms with Crippen LogP contribution in [0.25, 0.3) is 0 Å². The van der Waals surface area contributed by atoms with Crippen LogP contribution in [0, 0.1) is 11.3 Å². The van der Waals surface area contributed by atoms with Crippen molar-refractivity contribution in [1.29, 1.82) is 5.26 Å². The highest BCUT2D eigenvalue weighted by Crippen LogP contribution is 2.40. The number of carbonyl (C=O) groups excluding carboxylic acids is 2. The molecule has 0 saturated carbocycles. The molecule has 3 N–H and O–H groups in total. The van der Waals surface area contributed by atoms with Gasteiger partial charge in [-0.2, -0.15) is 5.26 Å². The molecular weight excluding hydrogens is 442 g/mol. The fourth-order valence-corrected chi connectivity index (χ4v) is 3.95. The molecule has 0 saturated heterocycles. The average Bonchev–Trinajstić information content (AvgIpc) is 2.72. The van der Waals surface area contributed by atoms with Gasteiger partial charge in [0.2, 0.25) is 0 Å². The zero-order chi connectivity index (χ0) is 26.7. The number of hydrogen-bond acceptors (Lipinski definition) is 6. The molecule has 0 aromatic heterocycles. The fourth-order valence-electron chi connectivity index (χ4n) is 3.95. The monoisotopic (exact) mass is 479 g/mol. The predicted octanol–water partition coefficient (Wildman–Crippen LogP) is 4.67. The molecule has 0 aliphatic carbocycles. The number of phenols is 1. The highest BCUT2D eigenvalue weighted by Gasteiger charge is 2.28. The lowest BCUT2D eigenvalue weighted by atomic mass is 9.78. The summed E-state index contributed by atoms with van der Waals surface area (Å²) in [6, 6.07) is 8.72. The molecule has 2 rings (SSSR count). The maximum Gasteiger partial charge on any atom is 0.252 e. The average molecular weight is 480 g/mol. The molecule has 0 atom stereocenters. The van der Waals surface area contributed by atoms with Crippen molar-refractivity contribution in [3.05, 3.63) is 57.6 Å². The topological polar surface area (TPSA) is 117 Å². The summed E-state index contributed by atoms with van der Waals surface area (Å²) in [5.41, 5.74) is 7.84. The molecule has 0 spiro atoms. The number of aromatic hydroxyl groups is 1. The lowest BCUT2D eigenvalue weighted by Crippen LogP contribution is -2.27. The maximum absolute atomic E-state index is 13.3.